The molecule has 0 bridgehead atoms. The van der Waals surface area contributed by atoms with Crippen molar-refractivity contribution in [2.75, 3.05) is 14.7 Å². The average molecular weight is 1850 g/mol. The van der Waals surface area contributed by atoms with E-state index in [1.54, 1.807) is 0 Å². The lowest BCUT2D eigenvalue weighted by atomic mass is 9.89. The minimum Gasteiger partial charge on any atom is -0.456 e. The molecule has 26 aromatic rings. The highest BCUT2D eigenvalue weighted by Gasteiger charge is 2.31. The van der Waals surface area contributed by atoms with Gasteiger partial charge in [0.1, 0.15) is 11.2 Å². The summed E-state index contributed by atoms with van der Waals surface area (Å²) in [6, 6.07) is 209. The highest BCUT2D eigenvalue weighted by Crippen LogP contribution is 2.50. The van der Waals surface area contributed by atoms with Crippen molar-refractivity contribution in [3.63, 3.8) is 0 Å². The van der Waals surface area contributed by atoms with Crippen LogP contribution in [0.25, 0.3) is 166 Å². The molecule has 0 amide bonds. The van der Waals surface area contributed by atoms with Gasteiger partial charge < -0.3 is 28.3 Å². The van der Waals surface area contributed by atoms with Gasteiger partial charge in [0.2, 0.25) is 0 Å². The number of anilines is 9. The van der Waals surface area contributed by atoms with Crippen LogP contribution in [0.4, 0.5) is 51.2 Å². The third-order valence-electron chi connectivity index (χ3n) is 28.4. The van der Waals surface area contributed by atoms with Crippen molar-refractivity contribution in [3.05, 3.63) is 599 Å². The fourth-order valence-corrected chi connectivity index (χ4v) is 21.3. The first kappa shape index (κ1) is 87.4. The number of fused-ring (bicyclic) bond motifs is 12. The van der Waals surface area contributed by atoms with Gasteiger partial charge >= 0.3 is 0 Å². The second kappa shape index (κ2) is 38.9. The summed E-state index contributed by atoms with van der Waals surface area (Å²) >= 11 is 0. The standard InChI is InChI=1S/C55H37N3.C48H33NO.C36H27N/c1-3-19-49-43(13-1)44-14-2-4-20-50(44)55(49)37-25-27-38(28-26-37)56(39-29-33-41(34-30-39)57-51-21-9-5-15-45(51)46-16-6-10-22-52(46)57)40-31-35-42(36-32-40)58-53-23-11-7-17-47(53)48-18-8-12-24-54(48)58;1-4-10-34(11-5-1)37-16-24-42(25-17-37)49(43-26-18-38(19-27-43)35-12-6-2-7-13-35)44-28-20-39(21-29-44)41-23-31-48-46(33-41)45-32-40(22-30-47(45)50-48)36-14-8-3-9-15-36;1-4-10-28(11-5-1)31-16-22-34(23-17-31)37(35-24-18-32(19-25-35)29-12-6-2-7-13-29)36-26-20-33(21-27-36)30-14-8-3-9-15-30/h1-36,55H;1-33H;1-27H. The SMILES string of the molecule is c1ccc(-c2ccc(N(c3ccc(-c4ccccc4)cc3)c3ccc(-c4ccc5oc6ccc(-c7ccccc7)cc6c5c4)cc3)cc2)cc1.c1ccc(-c2ccc(N(c3ccc(-c4ccccc4)cc3)c3ccc(-c4ccccc4)cc3)cc2)cc1.c1ccc2c(c1)-c1ccccc1C2c1ccc(N(c2ccc(-n3c4ccccc4c4ccccc43)cc2)c2ccc(-n3c4ccccc4c4ccccc43)cc2)cc1. The van der Waals surface area contributed by atoms with Crippen LogP contribution in [0, 0.1) is 0 Å². The Morgan fingerprint density at radius 1 is 0.152 bits per heavy atom. The van der Waals surface area contributed by atoms with Crippen LogP contribution in [-0.4, -0.2) is 9.13 Å². The molecular weight excluding hydrogens is 1760 g/mol. The van der Waals surface area contributed by atoms with Crippen LogP contribution >= 0.6 is 0 Å². The maximum absolute atomic E-state index is 6.25. The van der Waals surface area contributed by atoms with Crippen molar-refractivity contribution < 1.29 is 4.42 Å². The molecule has 3 heterocycles. The molecule has 0 saturated carbocycles. The summed E-state index contributed by atoms with van der Waals surface area (Å²) in [6.45, 7) is 0. The molecule has 6 heteroatoms. The summed E-state index contributed by atoms with van der Waals surface area (Å²) in [5, 5.41) is 7.31. The molecule has 684 valence electrons. The number of aromatic nitrogens is 2. The van der Waals surface area contributed by atoms with Crippen molar-refractivity contribution in [1.29, 1.82) is 0 Å². The molecule has 1 aliphatic rings. The molecule has 0 unspecified atom stereocenters. The van der Waals surface area contributed by atoms with E-state index in [1.165, 1.54) is 138 Å². The summed E-state index contributed by atoms with van der Waals surface area (Å²) in [4.78, 5) is 7.02. The minimum atomic E-state index is 0.200. The Hall–Kier alpha value is -19.1. The van der Waals surface area contributed by atoms with E-state index in [1.807, 2.05) is 0 Å². The van der Waals surface area contributed by atoms with Crippen LogP contribution in [0.15, 0.2) is 587 Å². The van der Waals surface area contributed by atoms with E-state index in [9.17, 15) is 0 Å². The fourth-order valence-electron chi connectivity index (χ4n) is 21.3. The Morgan fingerprint density at radius 3 is 0.607 bits per heavy atom. The van der Waals surface area contributed by atoms with E-state index in [0.717, 1.165) is 95.6 Å². The molecule has 0 radical (unpaired) electrons. The van der Waals surface area contributed by atoms with Crippen LogP contribution in [0.1, 0.15) is 22.6 Å². The van der Waals surface area contributed by atoms with Crippen LogP contribution < -0.4 is 14.7 Å². The number of furan rings is 1. The zero-order valence-corrected chi connectivity index (χ0v) is 79.6. The van der Waals surface area contributed by atoms with Gasteiger partial charge in [-0.25, -0.2) is 0 Å². The predicted octanol–water partition coefficient (Wildman–Crippen LogP) is 38.4. The molecule has 0 aliphatic heterocycles. The number of nitrogens with zero attached hydrogens (tertiary/aromatic N) is 5. The van der Waals surface area contributed by atoms with Crippen molar-refractivity contribution in [2.24, 2.45) is 0 Å². The van der Waals surface area contributed by atoms with Gasteiger partial charge in [0.15, 0.2) is 0 Å². The van der Waals surface area contributed by atoms with Gasteiger partial charge in [0.25, 0.3) is 0 Å². The lowest BCUT2D eigenvalue weighted by Crippen LogP contribution is -2.11. The first-order chi connectivity index (χ1) is 71.9. The van der Waals surface area contributed by atoms with Gasteiger partial charge in [-0.1, -0.05) is 400 Å². The molecule has 145 heavy (non-hydrogen) atoms. The first-order valence-corrected chi connectivity index (χ1v) is 49.7. The zero-order chi connectivity index (χ0) is 96.3. The minimum absolute atomic E-state index is 0.200. The molecule has 1 aliphatic carbocycles. The molecule has 0 saturated heterocycles. The van der Waals surface area contributed by atoms with Gasteiger partial charge in [0, 0.05) is 101 Å². The Bertz CT molecular complexity index is 8480. The van der Waals surface area contributed by atoms with E-state index in [4.69, 9.17) is 4.42 Å². The third-order valence-corrected chi connectivity index (χ3v) is 28.4. The van der Waals surface area contributed by atoms with Crippen molar-refractivity contribution in [3.8, 4) is 100 Å². The quantitative estimate of drug-likeness (QED) is 0.0808. The molecule has 0 fully saturated rings. The highest BCUT2D eigenvalue weighted by molar-refractivity contribution is 6.11. The maximum atomic E-state index is 6.25. The lowest BCUT2D eigenvalue weighted by Gasteiger charge is -2.27. The molecular formula is C139H97N5O. The monoisotopic (exact) mass is 1850 g/mol. The predicted molar refractivity (Wildman–Crippen MR) is 610 cm³/mol. The average Bonchev–Trinajstić information content (AvgIpc) is 1.54. The van der Waals surface area contributed by atoms with E-state index >= 15 is 0 Å². The lowest BCUT2D eigenvalue weighted by molar-refractivity contribution is 0.669. The summed E-state index contributed by atoms with van der Waals surface area (Å²) in [7, 11) is 0. The maximum Gasteiger partial charge on any atom is 0.135 e. The third kappa shape index (κ3) is 17.2. The highest BCUT2D eigenvalue weighted by atomic mass is 16.3. The number of benzene rings is 23. The molecule has 3 aromatic heterocycles. The van der Waals surface area contributed by atoms with Gasteiger partial charge in [-0.05, 0) is 288 Å². The van der Waals surface area contributed by atoms with E-state index < -0.39 is 0 Å². The van der Waals surface area contributed by atoms with Crippen molar-refractivity contribution >= 4 is 117 Å². The summed E-state index contributed by atoms with van der Waals surface area (Å²) in [5.74, 6) is 0.200. The normalized spacial score (nSPS) is 11.6. The van der Waals surface area contributed by atoms with Crippen molar-refractivity contribution in [1.82, 2.24) is 9.13 Å². The van der Waals surface area contributed by atoms with Gasteiger partial charge in [-0.3, -0.25) is 0 Å². The fraction of sp³-hybridized carbons (Fsp3) is 0.00719. The first-order valence-electron chi connectivity index (χ1n) is 49.7. The van der Waals surface area contributed by atoms with Gasteiger partial charge in [-0.15, -0.1) is 0 Å². The van der Waals surface area contributed by atoms with E-state index in [0.29, 0.717) is 0 Å². The molecule has 0 atom stereocenters. The Morgan fingerprint density at radius 2 is 0.345 bits per heavy atom. The zero-order valence-electron chi connectivity index (χ0n) is 79.6. The molecule has 23 aromatic carbocycles. The number of hydrogen-bond acceptors (Lipinski definition) is 4. The Labute approximate surface area is 844 Å². The molecule has 0 spiro atoms. The summed E-state index contributed by atoms with van der Waals surface area (Å²) < 4.78 is 11.0. The Kier molecular flexibility index (Phi) is 23.4. The summed E-state index contributed by atoms with van der Waals surface area (Å²) in [5.41, 5.74) is 42.4. The smallest absolute Gasteiger partial charge is 0.135 e. The van der Waals surface area contributed by atoms with Gasteiger partial charge in [0.05, 0.1) is 22.1 Å². The summed E-state index contributed by atoms with van der Waals surface area (Å²) in [6.07, 6.45) is 0. The van der Waals surface area contributed by atoms with Crippen LogP contribution in [0.2, 0.25) is 0 Å². The van der Waals surface area contributed by atoms with Crippen molar-refractivity contribution in [2.45, 2.75) is 5.92 Å². The second-order valence-corrected chi connectivity index (χ2v) is 37.0. The number of rotatable bonds is 19. The topological polar surface area (TPSA) is 32.7 Å². The molecule has 27 rings (SSSR count). The van der Waals surface area contributed by atoms with E-state index in [2.05, 4.69) is 606 Å². The Balaban J connectivity index is 0.000000117. The van der Waals surface area contributed by atoms with Crippen LogP contribution in [0.5, 0.6) is 0 Å². The van der Waals surface area contributed by atoms with Crippen LogP contribution in [-0.2, 0) is 0 Å². The van der Waals surface area contributed by atoms with Crippen LogP contribution in [0.3, 0.4) is 0 Å². The molecule has 0 N–H and O–H groups in total. The second-order valence-electron chi connectivity index (χ2n) is 37.0. The number of hydrogen-bond donors (Lipinski definition) is 0. The largest absolute Gasteiger partial charge is 0.456 e. The number of para-hydroxylation sites is 4. The molecule has 6 nitrogen and oxygen atoms in total. The van der Waals surface area contributed by atoms with E-state index in [-0.39, 0.29) is 5.92 Å². The van der Waals surface area contributed by atoms with Gasteiger partial charge in [-0.2, -0.15) is 0 Å².